The number of nitrogens with one attached hydrogen (secondary N) is 2. The zero-order chi connectivity index (χ0) is 15.9. The molecular weight excluding hydrogens is 292 g/mol. The maximum absolute atomic E-state index is 12.2. The molecule has 122 valence electrons. The zero-order valence-corrected chi connectivity index (χ0v) is 13.1. The smallest absolute Gasteiger partial charge is 0.270 e. The lowest BCUT2D eigenvalue weighted by Crippen LogP contribution is -2.25. The van der Waals surface area contributed by atoms with Gasteiger partial charge in [-0.3, -0.25) is 4.79 Å². The number of anilines is 1. The number of amides is 1. The molecule has 0 unspecified atom stereocenters. The monoisotopic (exact) mass is 314 g/mol. The first-order valence-corrected chi connectivity index (χ1v) is 8.21. The average Bonchev–Trinajstić information content (AvgIpc) is 2.97. The van der Waals surface area contributed by atoms with Crippen LogP contribution in [-0.4, -0.2) is 21.9 Å². The van der Waals surface area contributed by atoms with Crippen molar-refractivity contribution in [1.82, 2.24) is 15.3 Å². The predicted molar refractivity (Wildman–Crippen MR) is 87.0 cm³/mol. The molecule has 6 nitrogen and oxygen atoms in total. The Labute approximate surface area is 135 Å². The van der Waals surface area contributed by atoms with Crippen LogP contribution in [0.15, 0.2) is 35.1 Å². The minimum atomic E-state index is -0.229. The first-order valence-electron chi connectivity index (χ1n) is 8.21. The quantitative estimate of drug-likeness (QED) is 0.829. The van der Waals surface area contributed by atoms with Crippen LogP contribution in [0.1, 0.15) is 54.8 Å². The van der Waals surface area contributed by atoms with E-state index >= 15 is 0 Å². The SMILES string of the molecule is O=C(NCc1ccco1)c1ccnc(NC2CCCCCC2)n1. The number of hydrogen-bond donors (Lipinski definition) is 2. The second-order valence-electron chi connectivity index (χ2n) is 5.86. The van der Waals surface area contributed by atoms with Gasteiger partial charge in [0.05, 0.1) is 12.8 Å². The van der Waals surface area contributed by atoms with Gasteiger partial charge in [-0.2, -0.15) is 0 Å². The Morgan fingerprint density at radius 3 is 2.78 bits per heavy atom. The van der Waals surface area contributed by atoms with Gasteiger partial charge in [0.15, 0.2) is 0 Å². The third-order valence-corrected chi connectivity index (χ3v) is 4.08. The molecule has 1 fully saturated rings. The Morgan fingerprint density at radius 2 is 2.04 bits per heavy atom. The van der Waals surface area contributed by atoms with E-state index in [4.69, 9.17) is 4.42 Å². The van der Waals surface area contributed by atoms with E-state index in [1.807, 2.05) is 6.07 Å². The van der Waals surface area contributed by atoms with Crippen molar-refractivity contribution in [3.05, 3.63) is 42.1 Å². The molecule has 0 bridgehead atoms. The summed E-state index contributed by atoms with van der Waals surface area (Å²) in [6.07, 6.45) is 10.6. The third-order valence-electron chi connectivity index (χ3n) is 4.08. The molecule has 23 heavy (non-hydrogen) atoms. The fourth-order valence-electron chi connectivity index (χ4n) is 2.83. The molecule has 0 aliphatic heterocycles. The van der Waals surface area contributed by atoms with E-state index in [-0.39, 0.29) is 5.91 Å². The van der Waals surface area contributed by atoms with E-state index in [0.717, 1.165) is 12.8 Å². The molecule has 2 N–H and O–H groups in total. The normalized spacial score (nSPS) is 15.8. The molecule has 1 saturated carbocycles. The van der Waals surface area contributed by atoms with E-state index in [2.05, 4.69) is 20.6 Å². The molecular formula is C17H22N4O2. The van der Waals surface area contributed by atoms with Crippen LogP contribution in [0, 0.1) is 0 Å². The van der Waals surface area contributed by atoms with Gasteiger partial charge in [-0.15, -0.1) is 0 Å². The Morgan fingerprint density at radius 1 is 1.22 bits per heavy atom. The third kappa shape index (κ3) is 4.55. The summed E-state index contributed by atoms with van der Waals surface area (Å²) in [6, 6.07) is 5.63. The van der Waals surface area contributed by atoms with E-state index < -0.39 is 0 Å². The van der Waals surface area contributed by atoms with Crippen LogP contribution in [0.25, 0.3) is 0 Å². The summed E-state index contributed by atoms with van der Waals surface area (Å²) >= 11 is 0. The number of nitrogens with zero attached hydrogens (tertiary/aromatic N) is 2. The van der Waals surface area contributed by atoms with Gasteiger partial charge in [0.2, 0.25) is 5.95 Å². The van der Waals surface area contributed by atoms with Crippen molar-refractivity contribution in [2.45, 2.75) is 51.1 Å². The van der Waals surface area contributed by atoms with Crippen LogP contribution >= 0.6 is 0 Å². The van der Waals surface area contributed by atoms with Crippen LogP contribution < -0.4 is 10.6 Å². The number of carbonyl (C=O) groups is 1. The zero-order valence-electron chi connectivity index (χ0n) is 13.1. The second kappa shape index (κ2) is 7.76. The van der Waals surface area contributed by atoms with E-state index in [1.54, 1.807) is 24.6 Å². The van der Waals surface area contributed by atoms with Gasteiger partial charge in [-0.25, -0.2) is 9.97 Å². The highest BCUT2D eigenvalue weighted by Gasteiger charge is 2.14. The molecule has 0 aromatic carbocycles. The van der Waals surface area contributed by atoms with Gasteiger partial charge in [0, 0.05) is 12.2 Å². The largest absolute Gasteiger partial charge is 0.467 e. The molecule has 0 saturated heterocycles. The molecule has 1 amide bonds. The van der Waals surface area contributed by atoms with Crippen molar-refractivity contribution in [1.29, 1.82) is 0 Å². The lowest BCUT2D eigenvalue weighted by Gasteiger charge is -2.16. The van der Waals surface area contributed by atoms with Crippen molar-refractivity contribution in [2.24, 2.45) is 0 Å². The van der Waals surface area contributed by atoms with Crippen LogP contribution in [0.2, 0.25) is 0 Å². The first kappa shape index (κ1) is 15.5. The topological polar surface area (TPSA) is 80.0 Å². The van der Waals surface area contributed by atoms with Crippen molar-refractivity contribution < 1.29 is 9.21 Å². The fraction of sp³-hybridized carbons (Fsp3) is 0.471. The van der Waals surface area contributed by atoms with E-state index in [9.17, 15) is 4.79 Å². The van der Waals surface area contributed by atoms with Gasteiger partial charge < -0.3 is 15.1 Å². The molecule has 0 spiro atoms. The summed E-state index contributed by atoms with van der Waals surface area (Å²) in [5.41, 5.74) is 0.364. The molecule has 2 aromatic heterocycles. The number of carbonyl (C=O) groups excluding carboxylic acids is 1. The second-order valence-corrected chi connectivity index (χ2v) is 5.86. The Hall–Kier alpha value is -2.37. The van der Waals surface area contributed by atoms with Gasteiger partial charge in [-0.05, 0) is 31.0 Å². The highest BCUT2D eigenvalue weighted by atomic mass is 16.3. The first-order chi connectivity index (χ1) is 11.3. The van der Waals surface area contributed by atoms with Crippen molar-refractivity contribution in [2.75, 3.05) is 5.32 Å². The molecule has 0 radical (unpaired) electrons. The number of furan rings is 1. The molecule has 3 rings (SSSR count). The Bertz CT molecular complexity index is 619. The van der Waals surface area contributed by atoms with Gasteiger partial charge in [0.25, 0.3) is 5.91 Å². The van der Waals surface area contributed by atoms with Crippen LogP contribution in [0.4, 0.5) is 5.95 Å². The van der Waals surface area contributed by atoms with Gasteiger partial charge >= 0.3 is 0 Å². The maximum atomic E-state index is 12.2. The van der Waals surface area contributed by atoms with Crippen LogP contribution in [0.3, 0.4) is 0 Å². The molecule has 6 heteroatoms. The molecule has 0 atom stereocenters. The van der Waals surface area contributed by atoms with Gasteiger partial charge in [0.1, 0.15) is 11.5 Å². The van der Waals surface area contributed by atoms with Crippen LogP contribution in [-0.2, 0) is 6.54 Å². The van der Waals surface area contributed by atoms with Crippen molar-refractivity contribution in [3.63, 3.8) is 0 Å². The average molecular weight is 314 g/mol. The summed E-state index contributed by atoms with van der Waals surface area (Å²) in [4.78, 5) is 20.7. The highest BCUT2D eigenvalue weighted by Crippen LogP contribution is 2.19. The van der Waals surface area contributed by atoms with Crippen LogP contribution in [0.5, 0.6) is 0 Å². The summed E-state index contributed by atoms with van der Waals surface area (Å²) in [5.74, 6) is 1.01. The highest BCUT2D eigenvalue weighted by molar-refractivity contribution is 5.92. The molecule has 2 heterocycles. The lowest BCUT2D eigenvalue weighted by molar-refractivity contribution is 0.0943. The molecule has 1 aliphatic rings. The lowest BCUT2D eigenvalue weighted by atomic mass is 10.1. The number of hydrogen-bond acceptors (Lipinski definition) is 5. The van der Waals surface area contributed by atoms with Gasteiger partial charge in [-0.1, -0.05) is 25.7 Å². The summed E-state index contributed by atoms with van der Waals surface area (Å²) in [5, 5.41) is 6.16. The van der Waals surface area contributed by atoms with E-state index in [0.29, 0.717) is 30.0 Å². The van der Waals surface area contributed by atoms with Crippen molar-refractivity contribution >= 4 is 11.9 Å². The predicted octanol–water partition coefficient (Wildman–Crippen LogP) is 3.13. The standard InChI is InChI=1S/C17H22N4O2/c22-16(19-12-14-8-5-11-23-14)15-9-10-18-17(21-15)20-13-6-3-1-2-4-7-13/h5,8-11,13H,1-4,6-7,12H2,(H,19,22)(H,18,20,21). The molecule has 1 aliphatic carbocycles. The number of aromatic nitrogens is 2. The summed E-state index contributed by atoms with van der Waals surface area (Å²) in [7, 11) is 0. The maximum Gasteiger partial charge on any atom is 0.270 e. The molecule has 2 aromatic rings. The Kier molecular flexibility index (Phi) is 5.24. The minimum Gasteiger partial charge on any atom is -0.467 e. The summed E-state index contributed by atoms with van der Waals surface area (Å²) < 4.78 is 5.20. The van der Waals surface area contributed by atoms with Crippen molar-refractivity contribution in [3.8, 4) is 0 Å². The Balaban J connectivity index is 1.58. The number of rotatable bonds is 5. The van der Waals surface area contributed by atoms with E-state index in [1.165, 1.54) is 25.7 Å². The summed E-state index contributed by atoms with van der Waals surface area (Å²) in [6.45, 7) is 0.348. The fourth-order valence-corrected chi connectivity index (χ4v) is 2.83. The minimum absolute atomic E-state index is 0.229.